The van der Waals surface area contributed by atoms with Gasteiger partial charge < -0.3 is 14.7 Å². The smallest absolute Gasteiger partial charge is 0.232 e. The van der Waals surface area contributed by atoms with Crippen molar-refractivity contribution in [3.63, 3.8) is 0 Å². The second kappa shape index (κ2) is 8.15. The Balaban J connectivity index is 1.65. The molecule has 1 N–H and O–H groups in total. The van der Waals surface area contributed by atoms with E-state index < -0.39 is 0 Å². The number of hydrogen-bond acceptors (Lipinski definition) is 5. The number of ketones is 1. The summed E-state index contributed by atoms with van der Waals surface area (Å²) in [5, 5.41) is 10.7. The highest BCUT2D eigenvalue weighted by Gasteiger charge is 2.34. The number of ether oxygens (including phenoxy) is 1. The normalized spacial score (nSPS) is 20.3. The molecule has 1 saturated heterocycles. The van der Waals surface area contributed by atoms with Crippen molar-refractivity contribution in [1.29, 1.82) is 0 Å². The lowest BCUT2D eigenvalue weighted by molar-refractivity contribution is 0.101. The van der Waals surface area contributed by atoms with Crippen LogP contribution in [0.2, 0.25) is 0 Å². The molecule has 1 fully saturated rings. The van der Waals surface area contributed by atoms with Crippen LogP contribution in [0.15, 0.2) is 36.1 Å². The molecule has 0 saturated carbocycles. The fourth-order valence-electron chi connectivity index (χ4n) is 4.41. The van der Waals surface area contributed by atoms with Crippen LogP contribution >= 0.6 is 0 Å². The van der Waals surface area contributed by atoms with Crippen molar-refractivity contribution < 1.29 is 14.6 Å². The summed E-state index contributed by atoms with van der Waals surface area (Å²) in [6.07, 6.45) is 4.18. The van der Waals surface area contributed by atoms with Gasteiger partial charge in [0.25, 0.3) is 0 Å². The van der Waals surface area contributed by atoms with Gasteiger partial charge in [-0.2, -0.15) is 0 Å². The van der Waals surface area contributed by atoms with Crippen molar-refractivity contribution in [3.05, 3.63) is 58.3 Å². The molecule has 2 aliphatic heterocycles. The lowest BCUT2D eigenvalue weighted by Crippen LogP contribution is -2.33. The Morgan fingerprint density at radius 1 is 1.27 bits per heavy atom. The molecule has 2 aromatic rings. The first-order valence-electron chi connectivity index (χ1n) is 10.6. The van der Waals surface area contributed by atoms with Gasteiger partial charge in [-0.3, -0.25) is 9.69 Å². The van der Waals surface area contributed by atoms with Crippen molar-refractivity contribution in [3.8, 4) is 11.5 Å². The van der Waals surface area contributed by atoms with Crippen LogP contribution in [0.3, 0.4) is 0 Å². The molecule has 30 heavy (non-hydrogen) atoms. The molecule has 0 bridgehead atoms. The summed E-state index contributed by atoms with van der Waals surface area (Å²) < 4.78 is 6.08. The van der Waals surface area contributed by atoms with Crippen LogP contribution in [0.5, 0.6) is 11.5 Å². The van der Waals surface area contributed by atoms with Crippen LogP contribution in [0.25, 0.3) is 6.08 Å². The highest BCUT2D eigenvalue weighted by atomic mass is 16.5. The predicted molar refractivity (Wildman–Crippen MR) is 120 cm³/mol. The van der Waals surface area contributed by atoms with E-state index in [2.05, 4.69) is 11.8 Å². The quantitative estimate of drug-likeness (QED) is 0.751. The van der Waals surface area contributed by atoms with E-state index in [1.165, 1.54) is 6.42 Å². The monoisotopic (exact) mass is 406 g/mol. The van der Waals surface area contributed by atoms with E-state index in [9.17, 15) is 9.90 Å². The highest BCUT2D eigenvalue weighted by molar-refractivity contribution is 6.15. The lowest BCUT2D eigenvalue weighted by Gasteiger charge is -2.31. The van der Waals surface area contributed by atoms with Gasteiger partial charge in [0, 0.05) is 32.9 Å². The number of aryl methyl sites for hydroxylation is 1. The number of phenols is 1. The number of nitrogens with zero attached hydrogens (tertiary/aromatic N) is 2. The molecule has 0 amide bonds. The molecule has 5 nitrogen and oxygen atoms in total. The Bertz CT molecular complexity index is 992. The number of benzene rings is 2. The van der Waals surface area contributed by atoms with E-state index in [1.807, 2.05) is 50.2 Å². The SMILES string of the molecule is Cc1cc(O)c(CN2CCCC(C)C2)c2c1C(=O)/C(=C\c1ccc(N(C)C)cc1)O2. The summed E-state index contributed by atoms with van der Waals surface area (Å²) in [6, 6.07) is 9.67. The van der Waals surface area contributed by atoms with Gasteiger partial charge in [0.05, 0.1) is 11.1 Å². The zero-order chi connectivity index (χ0) is 21.4. The second-order valence-electron chi connectivity index (χ2n) is 8.80. The summed E-state index contributed by atoms with van der Waals surface area (Å²) >= 11 is 0. The molecule has 4 rings (SSSR count). The number of hydrogen-bond donors (Lipinski definition) is 1. The molecule has 1 unspecified atom stereocenters. The minimum atomic E-state index is -0.118. The van der Waals surface area contributed by atoms with Crippen molar-refractivity contribution >= 4 is 17.5 Å². The molecule has 0 radical (unpaired) electrons. The zero-order valence-corrected chi connectivity index (χ0v) is 18.2. The third-order valence-electron chi connectivity index (χ3n) is 6.05. The molecule has 0 aromatic heterocycles. The van der Waals surface area contributed by atoms with Crippen molar-refractivity contribution in [2.75, 3.05) is 32.1 Å². The number of carbonyl (C=O) groups excluding carboxylic acids is 1. The first-order valence-corrected chi connectivity index (χ1v) is 10.6. The maximum Gasteiger partial charge on any atom is 0.232 e. The van der Waals surface area contributed by atoms with E-state index in [-0.39, 0.29) is 11.5 Å². The number of piperidine rings is 1. The number of fused-ring (bicyclic) bond motifs is 1. The van der Waals surface area contributed by atoms with Gasteiger partial charge in [-0.1, -0.05) is 19.1 Å². The molecular weight excluding hydrogens is 376 g/mol. The summed E-state index contributed by atoms with van der Waals surface area (Å²) in [4.78, 5) is 17.5. The summed E-state index contributed by atoms with van der Waals surface area (Å²) in [7, 11) is 3.99. The van der Waals surface area contributed by atoms with Crippen LogP contribution in [0.1, 0.15) is 46.8 Å². The van der Waals surface area contributed by atoms with Gasteiger partial charge in [-0.25, -0.2) is 0 Å². The number of anilines is 1. The molecule has 5 heteroatoms. The number of phenolic OH excluding ortho intramolecular Hbond substituents is 1. The molecule has 1 atom stereocenters. The molecule has 0 spiro atoms. The van der Waals surface area contributed by atoms with E-state index in [0.29, 0.717) is 35.1 Å². The number of allylic oxidation sites excluding steroid dienone is 1. The second-order valence-corrected chi connectivity index (χ2v) is 8.80. The Hall–Kier alpha value is -2.79. The van der Waals surface area contributed by atoms with E-state index >= 15 is 0 Å². The molecule has 2 heterocycles. The minimum Gasteiger partial charge on any atom is -0.507 e. The van der Waals surface area contributed by atoms with Crippen LogP contribution in [-0.4, -0.2) is 43.0 Å². The number of rotatable bonds is 4. The fourth-order valence-corrected chi connectivity index (χ4v) is 4.41. The zero-order valence-electron chi connectivity index (χ0n) is 18.2. The first kappa shape index (κ1) is 20.5. The average molecular weight is 407 g/mol. The van der Waals surface area contributed by atoms with Crippen LogP contribution in [-0.2, 0) is 6.54 Å². The predicted octanol–water partition coefficient (Wildman–Crippen LogP) is 4.61. The Morgan fingerprint density at radius 2 is 2.00 bits per heavy atom. The van der Waals surface area contributed by atoms with E-state index in [0.717, 1.165) is 36.3 Å². The summed E-state index contributed by atoms with van der Waals surface area (Å²) in [5.74, 6) is 1.56. The molecule has 158 valence electrons. The Labute approximate surface area is 178 Å². The fraction of sp³-hybridized carbons (Fsp3) is 0.400. The molecule has 2 aliphatic rings. The van der Waals surface area contributed by atoms with Gasteiger partial charge in [0.15, 0.2) is 5.76 Å². The van der Waals surface area contributed by atoms with Crippen LogP contribution < -0.4 is 9.64 Å². The van der Waals surface area contributed by atoms with Crippen molar-refractivity contribution in [1.82, 2.24) is 4.90 Å². The topological polar surface area (TPSA) is 53.0 Å². The number of Topliss-reactive ketones (excluding diaryl/α,β-unsaturated/α-hetero) is 1. The third-order valence-corrected chi connectivity index (χ3v) is 6.05. The van der Waals surface area contributed by atoms with Gasteiger partial charge in [-0.05, 0) is 67.6 Å². The van der Waals surface area contributed by atoms with Crippen LogP contribution in [0, 0.1) is 12.8 Å². The van der Waals surface area contributed by atoms with Gasteiger partial charge >= 0.3 is 0 Å². The van der Waals surface area contributed by atoms with Crippen LogP contribution in [0.4, 0.5) is 5.69 Å². The van der Waals surface area contributed by atoms with Crippen molar-refractivity contribution in [2.24, 2.45) is 5.92 Å². The summed E-state index contributed by atoms with van der Waals surface area (Å²) in [6.45, 7) is 6.70. The first-order chi connectivity index (χ1) is 14.3. The standard InChI is InChI=1S/C25H30N2O3/c1-16-6-5-11-27(14-16)15-20-21(28)12-17(2)23-24(29)22(30-25(20)23)13-18-7-9-19(10-8-18)26(3)4/h7-10,12-13,16,28H,5-6,11,14-15H2,1-4H3/b22-13+. The van der Waals surface area contributed by atoms with E-state index in [1.54, 1.807) is 12.1 Å². The lowest BCUT2D eigenvalue weighted by atomic mass is 9.97. The minimum absolute atomic E-state index is 0.118. The van der Waals surface area contributed by atoms with E-state index in [4.69, 9.17) is 4.74 Å². The van der Waals surface area contributed by atoms with Gasteiger partial charge in [0.1, 0.15) is 11.5 Å². The largest absolute Gasteiger partial charge is 0.507 e. The Morgan fingerprint density at radius 3 is 2.67 bits per heavy atom. The van der Waals surface area contributed by atoms with Gasteiger partial charge in [0.2, 0.25) is 5.78 Å². The van der Waals surface area contributed by atoms with Crippen molar-refractivity contribution in [2.45, 2.75) is 33.2 Å². The molecular formula is C25H30N2O3. The molecule has 0 aliphatic carbocycles. The number of aromatic hydroxyl groups is 1. The third kappa shape index (κ3) is 3.94. The summed E-state index contributed by atoms with van der Waals surface area (Å²) in [5.41, 5.74) is 4.03. The average Bonchev–Trinajstić information content (AvgIpc) is 3.02. The Kier molecular flexibility index (Phi) is 5.56. The highest BCUT2D eigenvalue weighted by Crippen LogP contribution is 2.42. The number of likely N-dealkylation sites (tertiary alicyclic amines) is 1. The van der Waals surface area contributed by atoms with Gasteiger partial charge in [-0.15, -0.1) is 0 Å². The maximum absolute atomic E-state index is 13.1. The molecule has 2 aromatic carbocycles. The maximum atomic E-state index is 13.1. The number of carbonyl (C=O) groups is 1.